The number of amides is 1. The number of methoxy groups -OCH3 is 1. The molecule has 0 aromatic carbocycles. The smallest absolute Gasteiger partial charge is 0.259 e. The van der Waals surface area contributed by atoms with Crippen LogP contribution in [-0.4, -0.2) is 61.9 Å². The van der Waals surface area contributed by atoms with Crippen molar-refractivity contribution in [1.29, 1.82) is 0 Å². The van der Waals surface area contributed by atoms with Crippen molar-refractivity contribution in [2.75, 3.05) is 13.7 Å². The summed E-state index contributed by atoms with van der Waals surface area (Å²) in [6.45, 7) is 2.57. The average Bonchev–Trinajstić information content (AvgIpc) is 3.15. The first-order valence-corrected chi connectivity index (χ1v) is 8.38. The number of hydrogen-bond donors (Lipinski definition) is 1. The van der Waals surface area contributed by atoms with Gasteiger partial charge in [-0.25, -0.2) is 9.50 Å². The Morgan fingerprint density at radius 3 is 3.04 bits per heavy atom. The third-order valence-electron chi connectivity index (χ3n) is 5.54. The molecule has 3 heterocycles. The van der Waals surface area contributed by atoms with Crippen LogP contribution in [0.25, 0.3) is 5.65 Å². The minimum atomic E-state index is -0.378. The van der Waals surface area contributed by atoms with Crippen LogP contribution in [0.5, 0.6) is 0 Å². The first-order chi connectivity index (χ1) is 11.5. The van der Waals surface area contributed by atoms with E-state index in [1.54, 1.807) is 24.0 Å². The second-order valence-electron chi connectivity index (χ2n) is 6.92. The molecular formula is C17H22N4O3. The molecule has 3 atom stereocenters. The Morgan fingerprint density at radius 2 is 2.25 bits per heavy atom. The van der Waals surface area contributed by atoms with Crippen molar-refractivity contribution in [2.24, 2.45) is 0 Å². The zero-order chi connectivity index (χ0) is 16.9. The van der Waals surface area contributed by atoms with Crippen molar-refractivity contribution in [3.05, 3.63) is 29.7 Å². The fourth-order valence-corrected chi connectivity index (χ4v) is 4.19. The number of carbonyl (C=O) groups excluding carboxylic acids is 1. The van der Waals surface area contributed by atoms with Crippen LogP contribution in [0.4, 0.5) is 0 Å². The van der Waals surface area contributed by atoms with Crippen LogP contribution in [0.15, 0.2) is 18.6 Å². The predicted molar refractivity (Wildman–Crippen MR) is 86.8 cm³/mol. The highest BCUT2D eigenvalue weighted by atomic mass is 16.5. The van der Waals surface area contributed by atoms with Crippen LogP contribution in [0.1, 0.15) is 41.6 Å². The number of aliphatic hydroxyl groups is 1. The fraction of sp³-hybridized carbons (Fsp3) is 0.588. The highest BCUT2D eigenvalue weighted by Gasteiger charge is 2.52. The lowest BCUT2D eigenvalue weighted by atomic mass is 9.79. The van der Waals surface area contributed by atoms with Crippen molar-refractivity contribution >= 4 is 11.6 Å². The maximum atomic E-state index is 13.1. The number of carbonyl (C=O) groups is 1. The summed E-state index contributed by atoms with van der Waals surface area (Å²) < 4.78 is 7.45. The summed E-state index contributed by atoms with van der Waals surface area (Å²) in [5.74, 6) is -0.0839. The molecule has 1 saturated heterocycles. The molecule has 7 nitrogen and oxygen atoms in total. The van der Waals surface area contributed by atoms with Gasteiger partial charge in [-0.3, -0.25) is 4.79 Å². The van der Waals surface area contributed by atoms with E-state index < -0.39 is 0 Å². The molecule has 1 aliphatic heterocycles. The second-order valence-corrected chi connectivity index (χ2v) is 6.92. The van der Waals surface area contributed by atoms with Gasteiger partial charge in [0.15, 0.2) is 5.65 Å². The fourth-order valence-electron chi connectivity index (χ4n) is 4.19. The average molecular weight is 330 g/mol. The summed E-state index contributed by atoms with van der Waals surface area (Å²) >= 11 is 0. The van der Waals surface area contributed by atoms with E-state index in [0.29, 0.717) is 24.2 Å². The van der Waals surface area contributed by atoms with Crippen molar-refractivity contribution in [2.45, 2.75) is 50.4 Å². The van der Waals surface area contributed by atoms with Gasteiger partial charge < -0.3 is 14.7 Å². The predicted octanol–water partition coefficient (Wildman–Crippen LogP) is 1.18. The van der Waals surface area contributed by atoms with Gasteiger partial charge in [0.05, 0.1) is 23.9 Å². The van der Waals surface area contributed by atoms with Gasteiger partial charge in [0.2, 0.25) is 0 Å². The monoisotopic (exact) mass is 330 g/mol. The van der Waals surface area contributed by atoms with E-state index in [4.69, 9.17) is 4.74 Å². The lowest BCUT2D eigenvalue weighted by Gasteiger charge is -2.42. The molecule has 1 saturated carbocycles. The SMILES string of the molecule is CO[C@@]12CC[C@@H](O)C[C@@H]1N(C(=O)c1cnn3cc(C)cnc13)CC2. The molecule has 7 heteroatoms. The number of rotatable bonds is 2. The van der Waals surface area contributed by atoms with E-state index in [9.17, 15) is 9.90 Å². The standard InChI is InChI=1S/C17H22N4O3/c1-11-8-18-15-13(9-19-21(15)10-11)16(23)20-6-5-17(24-2)4-3-12(22)7-14(17)20/h8-10,12,14,22H,3-7H2,1-2H3/t12-,14+,17-/m1/s1. The molecule has 4 rings (SSSR count). The van der Waals surface area contributed by atoms with E-state index in [-0.39, 0.29) is 23.7 Å². The van der Waals surface area contributed by atoms with Gasteiger partial charge in [-0.1, -0.05) is 0 Å². The number of fused-ring (bicyclic) bond motifs is 2. The molecular weight excluding hydrogens is 308 g/mol. The van der Waals surface area contributed by atoms with Crippen LogP contribution in [0.3, 0.4) is 0 Å². The number of aliphatic hydroxyl groups excluding tert-OH is 1. The van der Waals surface area contributed by atoms with Crippen LogP contribution in [0.2, 0.25) is 0 Å². The highest BCUT2D eigenvalue weighted by molar-refractivity contribution is 6.00. The maximum Gasteiger partial charge on any atom is 0.259 e. The van der Waals surface area contributed by atoms with E-state index in [0.717, 1.165) is 24.8 Å². The summed E-state index contributed by atoms with van der Waals surface area (Å²) in [5.41, 5.74) is 1.72. The van der Waals surface area contributed by atoms with Gasteiger partial charge in [0.25, 0.3) is 5.91 Å². The molecule has 0 unspecified atom stereocenters. The van der Waals surface area contributed by atoms with E-state index in [1.165, 1.54) is 0 Å². The highest BCUT2D eigenvalue weighted by Crippen LogP contribution is 2.43. The zero-order valence-corrected chi connectivity index (χ0v) is 14.0. The number of ether oxygens (including phenoxy) is 1. The van der Waals surface area contributed by atoms with E-state index >= 15 is 0 Å². The van der Waals surface area contributed by atoms with Crippen LogP contribution < -0.4 is 0 Å². The van der Waals surface area contributed by atoms with Crippen molar-refractivity contribution in [3.8, 4) is 0 Å². The van der Waals surface area contributed by atoms with Gasteiger partial charge >= 0.3 is 0 Å². The number of aryl methyl sites for hydroxylation is 1. The molecule has 2 aliphatic rings. The third kappa shape index (κ3) is 2.22. The molecule has 0 bridgehead atoms. The molecule has 128 valence electrons. The zero-order valence-electron chi connectivity index (χ0n) is 14.0. The maximum absolute atomic E-state index is 13.1. The summed E-state index contributed by atoms with van der Waals surface area (Å²) in [4.78, 5) is 19.3. The lowest BCUT2D eigenvalue weighted by Crippen LogP contribution is -2.52. The molecule has 2 aromatic rings. The topological polar surface area (TPSA) is 80.0 Å². The van der Waals surface area contributed by atoms with Crippen LogP contribution in [-0.2, 0) is 4.74 Å². The number of aromatic nitrogens is 3. The molecule has 1 aliphatic carbocycles. The Kier molecular flexibility index (Phi) is 3.58. The summed E-state index contributed by atoms with van der Waals surface area (Å²) in [7, 11) is 1.71. The Hall–Kier alpha value is -1.99. The minimum absolute atomic E-state index is 0.0839. The molecule has 1 N–H and O–H groups in total. The normalized spacial score (nSPS) is 29.9. The molecule has 24 heavy (non-hydrogen) atoms. The van der Waals surface area contributed by atoms with Crippen molar-refractivity contribution in [3.63, 3.8) is 0 Å². The van der Waals surface area contributed by atoms with Gasteiger partial charge in [-0.05, 0) is 38.2 Å². The summed E-state index contributed by atoms with van der Waals surface area (Å²) in [5, 5.41) is 14.3. The Bertz CT molecular complexity index is 789. The third-order valence-corrected chi connectivity index (χ3v) is 5.54. The van der Waals surface area contributed by atoms with Gasteiger partial charge in [0.1, 0.15) is 5.56 Å². The molecule has 2 aromatic heterocycles. The van der Waals surface area contributed by atoms with E-state index in [1.807, 2.05) is 18.0 Å². The lowest BCUT2D eigenvalue weighted by molar-refractivity contribution is -0.0824. The van der Waals surface area contributed by atoms with Crippen molar-refractivity contribution in [1.82, 2.24) is 19.5 Å². The van der Waals surface area contributed by atoms with Gasteiger partial charge in [0, 0.05) is 26.0 Å². The van der Waals surface area contributed by atoms with Gasteiger partial charge in [-0.15, -0.1) is 0 Å². The van der Waals surface area contributed by atoms with Crippen LogP contribution >= 0.6 is 0 Å². The second kappa shape index (κ2) is 5.53. The molecule has 0 spiro atoms. The number of likely N-dealkylation sites (tertiary alicyclic amines) is 1. The minimum Gasteiger partial charge on any atom is -0.393 e. The molecule has 1 amide bonds. The number of hydrogen-bond acceptors (Lipinski definition) is 5. The Balaban J connectivity index is 1.68. The van der Waals surface area contributed by atoms with Gasteiger partial charge in [-0.2, -0.15) is 5.10 Å². The Labute approximate surface area is 140 Å². The van der Waals surface area contributed by atoms with Crippen LogP contribution in [0, 0.1) is 6.92 Å². The van der Waals surface area contributed by atoms with Crippen molar-refractivity contribution < 1.29 is 14.6 Å². The first kappa shape index (κ1) is 15.5. The quantitative estimate of drug-likeness (QED) is 0.894. The van der Waals surface area contributed by atoms with E-state index in [2.05, 4.69) is 10.1 Å². The first-order valence-electron chi connectivity index (χ1n) is 8.38. The summed E-state index contributed by atoms with van der Waals surface area (Å²) in [6, 6.07) is -0.0980. The largest absolute Gasteiger partial charge is 0.393 e. The number of nitrogens with zero attached hydrogens (tertiary/aromatic N) is 4. The molecule has 0 radical (unpaired) electrons. The summed E-state index contributed by atoms with van der Waals surface area (Å²) in [6.07, 6.45) is 7.67. The Morgan fingerprint density at radius 1 is 1.42 bits per heavy atom. The molecule has 2 fully saturated rings.